The molecule has 3 rings (SSSR count). The summed E-state index contributed by atoms with van der Waals surface area (Å²) in [5.41, 5.74) is 0.390. The molecule has 8 nitrogen and oxygen atoms in total. The number of piperidine rings is 1. The van der Waals surface area contributed by atoms with E-state index in [1.54, 1.807) is 25.1 Å². The third-order valence-electron chi connectivity index (χ3n) is 5.34. The Bertz CT molecular complexity index is 757. The van der Waals surface area contributed by atoms with Crippen LogP contribution in [0.3, 0.4) is 0 Å². The smallest absolute Gasteiger partial charge is 0.309 e. The zero-order chi connectivity index (χ0) is 20.3. The van der Waals surface area contributed by atoms with Crippen LogP contribution >= 0.6 is 0 Å². The van der Waals surface area contributed by atoms with Crippen molar-refractivity contribution in [3.8, 4) is 11.5 Å². The molecule has 1 atom stereocenters. The summed E-state index contributed by atoms with van der Waals surface area (Å²) in [6.07, 6.45) is 1.36. The first kappa shape index (κ1) is 20.1. The van der Waals surface area contributed by atoms with E-state index in [1.165, 1.54) is 19.1 Å². The lowest BCUT2D eigenvalue weighted by Gasteiger charge is -2.33. The molecule has 0 aliphatic carbocycles. The van der Waals surface area contributed by atoms with Gasteiger partial charge in [0.2, 0.25) is 5.91 Å². The fourth-order valence-corrected chi connectivity index (χ4v) is 3.83. The number of nitrogens with zero attached hydrogens (tertiary/aromatic N) is 2. The minimum atomic E-state index is -0.522. The van der Waals surface area contributed by atoms with E-state index in [1.807, 2.05) is 4.90 Å². The summed E-state index contributed by atoms with van der Waals surface area (Å²) in [5, 5.41) is 0. The van der Waals surface area contributed by atoms with Gasteiger partial charge in [-0.05, 0) is 45.0 Å². The summed E-state index contributed by atoms with van der Waals surface area (Å²) < 4.78 is 15.6. The van der Waals surface area contributed by atoms with Crippen molar-refractivity contribution in [2.45, 2.75) is 32.2 Å². The predicted molar refractivity (Wildman–Crippen MR) is 101 cm³/mol. The highest BCUT2D eigenvalue weighted by molar-refractivity contribution is 6.23. The number of amides is 2. The maximum absolute atomic E-state index is 13.1. The third kappa shape index (κ3) is 3.82. The molecule has 8 heteroatoms. The van der Waals surface area contributed by atoms with Gasteiger partial charge in [0.1, 0.15) is 11.5 Å². The Morgan fingerprint density at radius 2 is 1.86 bits per heavy atom. The van der Waals surface area contributed by atoms with Gasteiger partial charge >= 0.3 is 5.97 Å². The minimum Gasteiger partial charge on any atom is -0.497 e. The molecule has 2 aliphatic heterocycles. The molecular weight excluding hydrogens is 364 g/mol. The van der Waals surface area contributed by atoms with Crippen LogP contribution in [0.2, 0.25) is 0 Å². The van der Waals surface area contributed by atoms with E-state index >= 15 is 0 Å². The Hall–Kier alpha value is -2.61. The molecule has 2 saturated heterocycles. The quantitative estimate of drug-likeness (QED) is 0.539. The second-order valence-corrected chi connectivity index (χ2v) is 6.89. The normalized spacial score (nSPS) is 21.1. The number of hydrogen-bond acceptors (Lipinski definition) is 7. The van der Waals surface area contributed by atoms with Gasteiger partial charge in [-0.15, -0.1) is 0 Å². The molecule has 0 saturated carbocycles. The van der Waals surface area contributed by atoms with Crippen LogP contribution in [-0.2, 0) is 19.1 Å². The van der Waals surface area contributed by atoms with Crippen molar-refractivity contribution in [3.63, 3.8) is 0 Å². The third-order valence-corrected chi connectivity index (χ3v) is 5.34. The summed E-state index contributed by atoms with van der Waals surface area (Å²) in [4.78, 5) is 40.8. The zero-order valence-electron chi connectivity index (χ0n) is 16.5. The highest BCUT2D eigenvalue weighted by Crippen LogP contribution is 2.36. The molecular formula is C20H26N2O6. The monoisotopic (exact) mass is 390 g/mol. The molecule has 0 radical (unpaired) electrons. The Labute approximate surface area is 164 Å². The van der Waals surface area contributed by atoms with Crippen molar-refractivity contribution in [2.24, 2.45) is 5.92 Å². The molecule has 0 spiro atoms. The largest absolute Gasteiger partial charge is 0.497 e. The summed E-state index contributed by atoms with van der Waals surface area (Å²) in [5.74, 6) is 0.108. The first-order chi connectivity index (χ1) is 13.5. The number of rotatable bonds is 6. The van der Waals surface area contributed by atoms with Crippen molar-refractivity contribution in [2.75, 3.05) is 38.8 Å². The fraction of sp³-hybridized carbons (Fsp3) is 0.550. The molecule has 0 bridgehead atoms. The highest BCUT2D eigenvalue weighted by atomic mass is 16.5. The molecule has 2 amide bonds. The van der Waals surface area contributed by atoms with Gasteiger partial charge in [-0.1, -0.05) is 0 Å². The summed E-state index contributed by atoms with van der Waals surface area (Å²) >= 11 is 0. The molecule has 28 heavy (non-hydrogen) atoms. The fourth-order valence-electron chi connectivity index (χ4n) is 3.83. The van der Waals surface area contributed by atoms with Crippen LogP contribution < -0.4 is 14.4 Å². The van der Waals surface area contributed by atoms with Crippen molar-refractivity contribution in [3.05, 3.63) is 18.2 Å². The number of carbonyl (C=O) groups is 3. The van der Waals surface area contributed by atoms with E-state index in [4.69, 9.17) is 14.2 Å². The number of ether oxygens (including phenoxy) is 3. The lowest BCUT2D eigenvalue weighted by atomic mass is 9.95. The van der Waals surface area contributed by atoms with Gasteiger partial charge in [-0.2, -0.15) is 0 Å². The molecule has 1 aromatic rings. The number of benzene rings is 1. The zero-order valence-corrected chi connectivity index (χ0v) is 16.5. The Kier molecular flexibility index (Phi) is 6.18. The SMILES string of the molecule is CCOC(=O)C1CCN([C@H]2CC(=O)N(c3cc(OC)ccc3OC)C2=O)CC1. The molecule has 2 fully saturated rings. The van der Waals surface area contributed by atoms with Crippen LogP contribution in [0.4, 0.5) is 5.69 Å². The number of carbonyl (C=O) groups excluding carboxylic acids is 3. The molecule has 0 aromatic heterocycles. The van der Waals surface area contributed by atoms with Gasteiger partial charge < -0.3 is 14.2 Å². The van der Waals surface area contributed by atoms with Crippen LogP contribution in [-0.4, -0.2) is 62.6 Å². The van der Waals surface area contributed by atoms with Crippen LogP contribution in [0.5, 0.6) is 11.5 Å². The van der Waals surface area contributed by atoms with Crippen molar-refractivity contribution in [1.29, 1.82) is 0 Å². The lowest BCUT2D eigenvalue weighted by molar-refractivity contribution is -0.149. The second-order valence-electron chi connectivity index (χ2n) is 6.89. The lowest BCUT2D eigenvalue weighted by Crippen LogP contribution is -2.47. The van der Waals surface area contributed by atoms with E-state index < -0.39 is 6.04 Å². The summed E-state index contributed by atoms with van der Waals surface area (Å²) in [6, 6.07) is 4.49. The number of hydrogen-bond donors (Lipinski definition) is 0. The van der Waals surface area contributed by atoms with Crippen LogP contribution in [0.15, 0.2) is 18.2 Å². The molecule has 2 aliphatic rings. The Balaban J connectivity index is 1.74. The first-order valence-electron chi connectivity index (χ1n) is 9.49. The van der Waals surface area contributed by atoms with Gasteiger partial charge in [-0.25, -0.2) is 4.90 Å². The molecule has 2 heterocycles. The van der Waals surface area contributed by atoms with Gasteiger partial charge in [0.25, 0.3) is 5.91 Å². The first-order valence-corrected chi connectivity index (χ1v) is 9.49. The van der Waals surface area contributed by atoms with Crippen molar-refractivity contribution in [1.82, 2.24) is 4.90 Å². The van der Waals surface area contributed by atoms with Gasteiger partial charge in [0, 0.05) is 6.07 Å². The standard InChI is InChI=1S/C20H26N2O6/c1-4-28-20(25)13-7-9-21(10-8-13)16-12-18(23)22(19(16)24)15-11-14(26-2)5-6-17(15)27-3/h5-6,11,13,16H,4,7-10,12H2,1-3H3/t16-/m0/s1. The van der Waals surface area contributed by atoms with Gasteiger partial charge in [-0.3, -0.25) is 19.3 Å². The number of anilines is 1. The summed E-state index contributed by atoms with van der Waals surface area (Å²) in [6.45, 7) is 3.32. The molecule has 0 unspecified atom stereocenters. The summed E-state index contributed by atoms with van der Waals surface area (Å²) in [7, 11) is 3.02. The molecule has 1 aromatic carbocycles. The van der Waals surface area contributed by atoms with E-state index in [0.29, 0.717) is 49.7 Å². The average Bonchev–Trinajstić information content (AvgIpc) is 3.01. The average molecular weight is 390 g/mol. The molecule has 0 N–H and O–H groups in total. The highest BCUT2D eigenvalue weighted by Gasteiger charge is 2.45. The predicted octanol–water partition coefficient (Wildman–Crippen LogP) is 1.61. The maximum atomic E-state index is 13.1. The van der Waals surface area contributed by atoms with Crippen LogP contribution in [0, 0.1) is 5.92 Å². The Morgan fingerprint density at radius 3 is 2.46 bits per heavy atom. The van der Waals surface area contributed by atoms with E-state index in [-0.39, 0.29) is 30.1 Å². The van der Waals surface area contributed by atoms with E-state index in [9.17, 15) is 14.4 Å². The van der Waals surface area contributed by atoms with Gasteiger partial charge in [0.15, 0.2) is 0 Å². The van der Waals surface area contributed by atoms with Gasteiger partial charge in [0.05, 0.1) is 44.9 Å². The Morgan fingerprint density at radius 1 is 1.14 bits per heavy atom. The van der Waals surface area contributed by atoms with Crippen molar-refractivity contribution < 1.29 is 28.6 Å². The molecule has 152 valence electrons. The number of methoxy groups -OCH3 is 2. The second kappa shape index (κ2) is 8.60. The van der Waals surface area contributed by atoms with Crippen LogP contribution in [0.25, 0.3) is 0 Å². The topological polar surface area (TPSA) is 85.4 Å². The van der Waals surface area contributed by atoms with E-state index in [2.05, 4.69) is 0 Å². The van der Waals surface area contributed by atoms with E-state index in [0.717, 1.165) is 0 Å². The number of esters is 1. The maximum Gasteiger partial charge on any atom is 0.309 e. The number of likely N-dealkylation sites (tertiary alicyclic amines) is 1. The minimum absolute atomic E-state index is 0.114. The van der Waals surface area contributed by atoms with Crippen LogP contribution in [0.1, 0.15) is 26.2 Å². The number of imide groups is 1. The van der Waals surface area contributed by atoms with Crippen molar-refractivity contribution >= 4 is 23.5 Å².